The minimum Gasteiger partial charge on any atom is -0.453 e. The van der Waals surface area contributed by atoms with E-state index in [1.165, 1.54) is 7.11 Å². The Morgan fingerprint density at radius 1 is 1.70 bits per heavy atom. The molecule has 1 saturated heterocycles. The van der Waals surface area contributed by atoms with Crippen LogP contribution in [0.2, 0.25) is 0 Å². The quantitative estimate of drug-likeness (QED) is 0.368. The average molecular weight is 338 g/mol. The van der Waals surface area contributed by atoms with E-state index in [-0.39, 0.29) is 16.6 Å². The summed E-state index contributed by atoms with van der Waals surface area (Å²) in [7, 11) is 1.37. The maximum atomic E-state index is 11.8. The number of halogens is 1. The van der Waals surface area contributed by atoms with Crippen molar-refractivity contribution in [3.05, 3.63) is 34.2 Å². The maximum Gasteiger partial charge on any atom is 0.411 e. The Morgan fingerprint density at radius 2 is 2.50 bits per heavy atom. The van der Waals surface area contributed by atoms with Gasteiger partial charge in [-0.1, -0.05) is 39.2 Å². The van der Waals surface area contributed by atoms with Crippen LogP contribution in [0, 0.1) is 0 Å². The third-order valence-corrected chi connectivity index (χ3v) is 5.05. The van der Waals surface area contributed by atoms with Crippen LogP contribution in [0.4, 0.5) is 16.2 Å². The lowest BCUT2D eigenvalue weighted by Gasteiger charge is -2.27. The Labute approximate surface area is 123 Å². The SMILES string of the molecule is COC(=O)N1CC[C@]2(Br)c3cccc(N=[N+]=[N-])c3NC12. The number of hydrogen-bond acceptors (Lipinski definition) is 4. The number of nitrogens with zero attached hydrogens (tertiary/aromatic N) is 4. The Bertz CT molecular complexity index is 630. The number of fused-ring (bicyclic) bond motifs is 3. The molecule has 1 unspecified atom stereocenters. The van der Waals surface area contributed by atoms with Crippen LogP contribution >= 0.6 is 15.9 Å². The van der Waals surface area contributed by atoms with Crippen molar-refractivity contribution in [2.24, 2.45) is 5.11 Å². The van der Waals surface area contributed by atoms with Crippen LogP contribution in [0.15, 0.2) is 23.3 Å². The van der Waals surface area contributed by atoms with Crippen molar-refractivity contribution >= 4 is 33.4 Å². The van der Waals surface area contributed by atoms with Gasteiger partial charge in [-0.25, -0.2) is 4.79 Å². The summed E-state index contributed by atoms with van der Waals surface area (Å²) in [5.74, 6) is 0. The van der Waals surface area contributed by atoms with Gasteiger partial charge < -0.3 is 10.1 Å². The van der Waals surface area contributed by atoms with Crippen molar-refractivity contribution in [3.63, 3.8) is 0 Å². The summed E-state index contributed by atoms with van der Waals surface area (Å²) < 4.78 is 4.43. The van der Waals surface area contributed by atoms with Crippen molar-refractivity contribution in [3.8, 4) is 0 Å². The Morgan fingerprint density at radius 3 is 3.20 bits per heavy atom. The largest absolute Gasteiger partial charge is 0.453 e. The number of nitrogens with one attached hydrogen (secondary N) is 1. The van der Waals surface area contributed by atoms with Gasteiger partial charge in [0.05, 0.1) is 22.8 Å². The van der Waals surface area contributed by atoms with E-state index in [4.69, 9.17) is 10.3 Å². The average Bonchev–Trinajstić information content (AvgIpc) is 2.92. The zero-order chi connectivity index (χ0) is 14.3. The summed E-state index contributed by atoms with van der Waals surface area (Å²) in [6, 6.07) is 5.55. The summed E-state index contributed by atoms with van der Waals surface area (Å²) in [6.45, 7) is 0.598. The lowest BCUT2D eigenvalue weighted by molar-refractivity contribution is 0.121. The molecule has 0 aliphatic carbocycles. The first-order valence-corrected chi connectivity index (χ1v) is 6.90. The van der Waals surface area contributed by atoms with E-state index in [1.54, 1.807) is 11.0 Å². The van der Waals surface area contributed by atoms with Crippen LogP contribution in [0.3, 0.4) is 0 Å². The molecule has 7 nitrogen and oxygen atoms in total. The zero-order valence-corrected chi connectivity index (χ0v) is 12.3. The van der Waals surface area contributed by atoms with Crippen molar-refractivity contribution in [2.45, 2.75) is 16.9 Å². The highest BCUT2D eigenvalue weighted by Gasteiger charge is 2.54. The second kappa shape index (κ2) is 4.57. The van der Waals surface area contributed by atoms with E-state index >= 15 is 0 Å². The maximum absolute atomic E-state index is 11.8. The predicted molar refractivity (Wildman–Crippen MR) is 77.0 cm³/mol. The number of benzene rings is 1. The van der Waals surface area contributed by atoms with E-state index in [2.05, 4.69) is 31.3 Å². The molecule has 2 aliphatic heterocycles. The molecule has 1 fully saturated rings. The fourth-order valence-electron chi connectivity index (χ4n) is 2.89. The number of rotatable bonds is 1. The van der Waals surface area contributed by atoms with E-state index in [9.17, 15) is 4.79 Å². The van der Waals surface area contributed by atoms with Gasteiger partial charge in [0.2, 0.25) is 0 Å². The number of carbonyl (C=O) groups excluding carboxylic acids is 1. The van der Waals surface area contributed by atoms with Crippen LogP contribution < -0.4 is 5.32 Å². The van der Waals surface area contributed by atoms with Gasteiger partial charge in [-0.2, -0.15) is 0 Å². The summed E-state index contributed by atoms with van der Waals surface area (Å²) in [4.78, 5) is 16.3. The van der Waals surface area contributed by atoms with Crippen LogP contribution in [-0.2, 0) is 9.06 Å². The molecule has 0 aromatic heterocycles. The number of azide groups is 1. The molecule has 20 heavy (non-hydrogen) atoms. The van der Waals surface area contributed by atoms with Crippen LogP contribution in [-0.4, -0.2) is 30.8 Å². The molecule has 0 bridgehead atoms. The van der Waals surface area contributed by atoms with Crippen LogP contribution in [0.5, 0.6) is 0 Å². The first-order valence-electron chi connectivity index (χ1n) is 6.10. The number of para-hydroxylation sites is 1. The predicted octanol–water partition coefficient (Wildman–Crippen LogP) is 3.44. The molecular weight excluding hydrogens is 326 g/mol. The number of carbonyl (C=O) groups is 1. The van der Waals surface area contributed by atoms with E-state index in [0.29, 0.717) is 12.2 Å². The van der Waals surface area contributed by atoms with Gasteiger partial charge in [0.25, 0.3) is 0 Å². The minimum absolute atomic E-state index is 0.250. The molecule has 8 heteroatoms. The number of hydrogen-bond donors (Lipinski definition) is 1. The number of anilines is 1. The normalized spacial score (nSPS) is 26.3. The molecule has 3 rings (SSSR count). The third-order valence-electron chi connectivity index (χ3n) is 3.79. The van der Waals surface area contributed by atoms with E-state index in [0.717, 1.165) is 17.7 Å². The molecule has 1 N–H and O–H groups in total. The zero-order valence-electron chi connectivity index (χ0n) is 10.7. The van der Waals surface area contributed by atoms with Gasteiger partial charge >= 0.3 is 6.09 Å². The van der Waals surface area contributed by atoms with Gasteiger partial charge in [0.15, 0.2) is 0 Å². The smallest absolute Gasteiger partial charge is 0.411 e. The van der Waals surface area contributed by atoms with E-state index < -0.39 is 0 Å². The second-order valence-electron chi connectivity index (χ2n) is 4.71. The number of methoxy groups -OCH3 is 1. The molecule has 2 aliphatic rings. The molecule has 1 aromatic carbocycles. The molecular formula is C12H12BrN5O2. The standard InChI is InChI=1S/C12H12BrN5O2/c1-20-11(19)18-6-5-12(13)7-3-2-4-8(16-17-14)9(7)15-10(12)18/h2-4,10,15H,5-6H2,1H3/t10?,12-/m0/s1. The fraction of sp³-hybridized carbons (Fsp3) is 0.417. The molecule has 1 amide bonds. The fourth-order valence-corrected chi connectivity index (χ4v) is 3.76. The van der Waals surface area contributed by atoms with E-state index in [1.807, 2.05) is 12.1 Å². The lowest BCUT2D eigenvalue weighted by atomic mass is 9.98. The summed E-state index contributed by atoms with van der Waals surface area (Å²) in [5.41, 5.74) is 10.9. The minimum atomic E-state index is -0.377. The van der Waals surface area contributed by atoms with Gasteiger partial charge in [0, 0.05) is 11.5 Å². The first-order chi connectivity index (χ1) is 9.61. The third kappa shape index (κ3) is 1.65. The number of amides is 1. The van der Waals surface area contributed by atoms with Crippen LogP contribution in [0.1, 0.15) is 12.0 Å². The van der Waals surface area contributed by atoms with Gasteiger partial charge in [0.1, 0.15) is 6.17 Å². The first kappa shape index (κ1) is 13.1. The van der Waals surface area contributed by atoms with Crippen molar-refractivity contribution in [1.29, 1.82) is 0 Å². The number of likely N-dealkylation sites (tertiary alicyclic amines) is 1. The van der Waals surface area contributed by atoms with Gasteiger partial charge in [-0.3, -0.25) is 4.90 Å². The topological polar surface area (TPSA) is 90.3 Å². The molecule has 104 valence electrons. The molecule has 2 atom stereocenters. The molecule has 0 saturated carbocycles. The number of alkyl halides is 1. The summed E-state index contributed by atoms with van der Waals surface area (Å²) in [5, 5.41) is 6.96. The molecule has 0 spiro atoms. The second-order valence-corrected chi connectivity index (χ2v) is 6.13. The highest BCUT2D eigenvalue weighted by molar-refractivity contribution is 9.09. The van der Waals surface area contributed by atoms with Crippen LogP contribution in [0.25, 0.3) is 10.4 Å². The Hall–Kier alpha value is -1.92. The van der Waals surface area contributed by atoms with Crippen molar-refractivity contribution < 1.29 is 9.53 Å². The van der Waals surface area contributed by atoms with Crippen molar-refractivity contribution in [1.82, 2.24) is 4.90 Å². The van der Waals surface area contributed by atoms with Gasteiger partial charge in [-0.05, 0) is 17.5 Å². The Balaban J connectivity index is 2.06. The summed E-state index contributed by atoms with van der Waals surface area (Å²) in [6.07, 6.45) is 0.133. The number of ether oxygens (including phenoxy) is 1. The van der Waals surface area contributed by atoms with Gasteiger partial charge in [-0.15, -0.1) is 0 Å². The highest BCUT2D eigenvalue weighted by Crippen LogP contribution is 2.55. The molecule has 1 aromatic rings. The van der Waals surface area contributed by atoms with Crippen molar-refractivity contribution in [2.75, 3.05) is 19.0 Å². The monoisotopic (exact) mass is 337 g/mol. The molecule has 2 heterocycles. The summed E-state index contributed by atoms with van der Waals surface area (Å²) >= 11 is 3.75. The highest BCUT2D eigenvalue weighted by atomic mass is 79.9. The lowest BCUT2D eigenvalue weighted by Crippen LogP contribution is -2.43. The Kier molecular flexibility index (Phi) is 2.99. The molecule has 0 radical (unpaired) electrons.